The number of ether oxygens (including phenoxy) is 1. The second-order valence-corrected chi connectivity index (χ2v) is 7.94. The lowest BCUT2D eigenvalue weighted by Crippen LogP contribution is -2.52. The number of aromatic nitrogens is 2. The molecule has 1 fully saturated rings. The summed E-state index contributed by atoms with van der Waals surface area (Å²) >= 11 is 0. The van der Waals surface area contributed by atoms with Crippen molar-refractivity contribution in [2.24, 2.45) is 0 Å². The van der Waals surface area contributed by atoms with Gasteiger partial charge in [0.05, 0.1) is 18.8 Å². The van der Waals surface area contributed by atoms with Gasteiger partial charge in [-0.05, 0) is 13.0 Å². The quantitative estimate of drug-likeness (QED) is 0.590. The predicted octanol–water partition coefficient (Wildman–Crippen LogP) is 2.84. The molecule has 1 aromatic heterocycles. The first-order valence-corrected chi connectivity index (χ1v) is 11.5. The minimum absolute atomic E-state index is 0.163. The van der Waals surface area contributed by atoms with Gasteiger partial charge in [-0.15, -0.1) is 0 Å². The molecule has 0 aliphatic carbocycles. The molecule has 0 bridgehead atoms. The fraction of sp³-hybridized carbons (Fsp3) is 0.269. The molecule has 0 saturated carbocycles. The van der Waals surface area contributed by atoms with Crippen molar-refractivity contribution in [3.63, 3.8) is 0 Å². The molecule has 2 aromatic carbocycles. The van der Waals surface area contributed by atoms with Crippen molar-refractivity contribution in [2.45, 2.75) is 6.92 Å². The lowest BCUT2D eigenvalue weighted by molar-refractivity contribution is -0.131. The maximum atomic E-state index is 13.0. The van der Waals surface area contributed by atoms with Crippen LogP contribution in [0, 0.1) is 0 Å². The summed E-state index contributed by atoms with van der Waals surface area (Å²) in [5.41, 5.74) is 2.44. The van der Waals surface area contributed by atoms with Crippen LogP contribution >= 0.6 is 0 Å². The van der Waals surface area contributed by atoms with Gasteiger partial charge in [0.1, 0.15) is 5.69 Å². The number of nitrogens with zero attached hydrogens (tertiary/aromatic N) is 4. The zero-order chi connectivity index (χ0) is 24.6. The normalized spacial score (nSPS) is 13.3. The Kier molecular flexibility index (Phi) is 7.67. The third kappa shape index (κ3) is 6.00. The van der Waals surface area contributed by atoms with Gasteiger partial charge in [-0.3, -0.25) is 9.59 Å². The summed E-state index contributed by atoms with van der Waals surface area (Å²) in [6.45, 7) is 3.46. The monoisotopic (exact) mass is 473 g/mol. The summed E-state index contributed by atoms with van der Waals surface area (Å²) in [7, 11) is 0. The van der Waals surface area contributed by atoms with Crippen molar-refractivity contribution < 1.29 is 19.1 Å². The van der Waals surface area contributed by atoms with Crippen LogP contribution in [0.5, 0.6) is 0 Å². The number of nitrogens with one attached hydrogen (secondary N) is 1. The van der Waals surface area contributed by atoms with Gasteiger partial charge in [0.25, 0.3) is 5.91 Å². The topological polar surface area (TPSA) is 105 Å². The van der Waals surface area contributed by atoms with E-state index in [1.807, 2.05) is 60.7 Å². The van der Waals surface area contributed by atoms with Crippen LogP contribution in [0.3, 0.4) is 0 Å². The lowest BCUT2D eigenvalue weighted by atomic mass is 10.1. The van der Waals surface area contributed by atoms with Gasteiger partial charge in [0.15, 0.2) is 5.82 Å². The molecule has 9 heteroatoms. The first kappa shape index (κ1) is 23.9. The number of rotatable bonds is 6. The Hall–Kier alpha value is -4.27. The molecular weight excluding hydrogens is 446 g/mol. The highest BCUT2D eigenvalue weighted by atomic mass is 16.6. The molecule has 1 saturated heterocycles. The Bertz CT molecular complexity index is 1120. The van der Waals surface area contributed by atoms with Crippen LogP contribution < -0.4 is 5.32 Å². The number of amides is 3. The Morgan fingerprint density at radius 2 is 1.46 bits per heavy atom. The van der Waals surface area contributed by atoms with Crippen molar-refractivity contribution in [2.75, 3.05) is 39.3 Å². The smallest absolute Gasteiger partial charge is 0.409 e. The van der Waals surface area contributed by atoms with Gasteiger partial charge in [0.2, 0.25) is 5.91 Å². The number of hydrogen-bond acceptors (Lipinski definition) is 6. The molecule has 3 aromatic rings. The molecule has 9 nitrogen and oxygen atoms in total. The zero-order valence-electron chi connectivity index (χ0n) is 19.5. The van der Waals surface area contributed by atoms with E-state index in [-0.39, 0.29) is 24.2 Å². The number of carbonyl (C=O) groups is 3. The molecule has 0 radical (unpaired) electrons. The Balaban J connectivity index is 1.44. The standard InChI is InChI=1S/C26H27N5O4/c1-2-35-26(34)31-15-13-30(14-16-31)23(32)18-27-25(33)22-17-21(19-9-5-3-6-10-19)28-24(29-22)20-11-7-4-8-12-20/h3-12,17H,2,13-16,18H2,1H3,(H,27,33). The molecule has 35 heavy (non-hydrogen) atoms. The second-order valence-electron chi connectivity index (χ2n) is 7.94. The molecule has 180 valence electrons. The molecule has 4 rings (SSSR count). The first-order valence-electron chi connectivity index (χ1n) is 11.5. The summed E-state index contributed by atoms with van der Waals surface area (Å²) < 4.78 is 5.00. The van der Waals surface area contributed by atoms with Crippen molar-refractivity contribution in [1.29, 1.82) is 0 Å². The Morgan fingerprint density at radius 3 is 2.09 bits per heavy atom. The minimum Gasteiger partial charge on any atom is -0.450 e. The molecule has 1 N–H and O–H groups in total. The molecule has 1 aliphatic heterocycles. The minimum atomic E-state index is -0.458. The van der Waals surface area contributed by atoms with Crippen molar-refractivity contribution in [1.82, 2.24) is 25.1 Å². The van der Waals surface area contributed by atoms with Crippen LogP contribution in [-0.2, 0) is 9.53 Å². The van der Waals surface area contributed by atoms with Crippen molar-refractivity contribution in [3.05, 3.63) is 72.4 Å². The average Bonchev–Trinajstić information content (AvgIpc) is 2.92. The Morgan fingerprint density at radius 1 is 0.857 bits per heavy atom. The molecule has 0 spiro atoms. The SMILES string of the molecule is CCOC(=O)N1CCN(C(=O)CNC(=O)c2cc(-c3ccccc3)nc(-c3ccccc3)n2)CC1. The third-order valence-electron chi connectivity index (χ3n) is 5.62. The number of piperazine rings is 1. The summed E-state index contributed by atoms with van der Waals surface area (Å²) in [4.78, 5) is 49.8. The van der Waals surface area contributed by atoms with E-state index in [2.05, 4.69) is 15.3 Å². The van der Waals surface area contributed by atoms with E-state index >= 15 is 0 Å². The second kappa shape index (κ2) is 11.2. The van der Waals surface area contributed by atoms with Crippen LogP contribution in [0.25, 0.3) is 22.6 Å². The summed E-state index contributed by atoms with van der Waals surface area (Å²) in [5, 5.41) is 2.68. The summed E-state index contributed by atoms with van der Waals surface area (Å²) in [6, 6.07) is 20.6. The molecule has 2 heterocycles. The molecule has 3 amide bonds. The number of hydrogen-bond donors (Lipinski definition) is 1. The van der Waals surface area contributed by atoms with E-state index in [4.69, 9.17) is 4.74 Å². The van der Waals surface area contributed by atoms with E-state index in [0.29, 0.717) is 44.3 Å². The average molecular weight is 474 g/mol. The first-order chi connectivity index (χ1) is 17.0. The fourth-order valence-corrected chi connectivity index (χ4v) is 3.75. The van der Waals surface area contributed by atoms with E-state index in [0.717, 1.165) is 11.1 Å². The van der Waals surface area contributed by atoms with E-state index in [9.17, 15) is 14.4 Å². The molecule has 0 unspecified atom stereocenters. The predicted molar refractivity (Wildman–Crippen MR) is 130 cm³/mol. The van der Waals surface area contributed by atoms with Gasteiger partial charge in [-0.1, -0.05) is 60.7 Å². The maximum Gasteiger partial charge on any atom is 0.409 e. The molecule has 0 atom stereocenters. The highest BCUT2D eigenvalue weighted by molar-refractivity contribution is 5.96. The van der Waals surface area contributed by atoms with E-state index in [1.165, 1.54) is 0 Å². The van der Waals surface area contributed by atoms with Crippen LogP contribution in [0.2, 0.25) is 0 Å². The molecular formula is C26H27N5O4. The van der Waals surface area contributed by atoms with Gasteiger partial charge < -0.3 is 19.9 Å². The highest BCUT2D eigenvalue weighted by Gasteiger charge is 2.25. The fourth-order valence-electron chi connectivity index (χ4n) is 3.75. The largest absolute Gasteiger partial charge is 0.450 e. The third-order valence-corrected chi connectivity index (χ3v) is 5.62. The van der Waals surface area contributed by atoms with E-state index in [1.54, 1.807) is 22.8 Å². The number of carbonyl (C=O) groups excluding carboxylic acids is 3. The Labute approximate surface area is 203 Å². The summed E-state index contributed by atoms with van der Waals surface area (Å²) in [5.74, 6) is -0.249. The van der Waals surface area contributed by atoms with E-state index < -0.39 is 5.91 Å². The van der Waals surface area contributed by atoms with Gasteiger partial charge >= 0.3 is 6.09 Å². The van der Waals surface area contributed by atoms with Crippen LogP contribution in [-0.4, -0.2) is 77.0 Å². The van der Waals surface area contributed by atoms with Crippen LogP contribution in [0.15, 0.2) is 66.7 Å². The lowest BCUT2D eigenvalue weighted by Gasteiger charge is -2.34. The maximum absolute atomic E-state index is 13.0. The van der Waals surface area contributed by atoms with Crippen molar-refractivity contribution >= 4 is 17.9 Å². The summed E-state index contributed by atoms with van der Waals surface area (Å²) in [6.07, 6.45) is -0.375. The van der Waals surface area contributed by atoms with Crippen LogP contribution in [0.4, 0.5) is 4.79 Å². The number of benzene rings is 2. The van der Waals surface area contributed by atoms with Crippen molar-refractivity contribution in [3.8, 4) is 22.6 Å². The van der Waals surface area contributed by atoms with Crippen LogP contribution in [0.1, 0.15) is 17.4 Å². The zero-order valence-corrected chi connectivity index (χ0v) is 19.5. The van der Waals surface area contributed by atoms with Gasteiger partial charge in [-0.25, -0.2) is 14.8 Å². The highest BCUT2D eigenvalue weighted by Crippen LogP contribution is 2.22. The molecule has 1 aliphatic rings. The van der Waals surface area contributed by atoms with Gasteiger partial charge in [-0.2, -0.15) is 0 Å². The van der Waals surface area contributed by atoms with Gasteiger partial charge in [0, 0.05) is 37.3 Å².